The van der Waals surface area contributed by atoms with Gasteiger partial charge in [-0.2, -0.15) is 18.6 Å². The molecule has 0 bridgehead atoms. The molecule has 0 aromatic heterocycles. The van der Waals surface area contributed by atoms with E-state index in [9.17, 15) is 18.1 Å². The Balaban J connectivity index is 1.66. The summed E-state index contributed by atoms with van der Waals surface area (Å²) >= 11 is 0. The van der Waals surface area contributed by atoms with Crippen molar-refractivity contribution in [1.29, 1.82) is 0 Å². The van der Waals surface area contributed by atoms with Crippen LogP contribution in [0.4, 0.5) is 0 Å². The normalized spacial score (nSPS) is 42.5. The topological polar surface area (TPSA) is 99.3 Å². The van der Waals surface area contributed by atoms with Crippen molar-refractivity contribution >= 4 is 10.1 Å². The molecule has 0 amide bonds. The van der Waals surface area contributed by atoms with E-state index in [-0.39, 0.29) is 6.04 Å². The third-order valence-electron chi connectivity index (χ3n) is 6.05. The van der Waals surface area contributed by atoms with Crippen molar-refractivity contribution in [3.63, 3.8) is 0 Å². The molecule has 0 saturated heterocycles. The standard InChI is InChI=1S/C16H28N2O4S/c19-16-12-6-2-1-5-11(12)9-10-14(16)18-17-13-7-3-4-8-15(13)23(20,21)22/h11-16,19H,1-10H2,(H,20,21,22). The van der Waals surface area contributed by atoms with Crippen molar-refractivity contribution < 1.29 is 18.1 Å². The molecule has 7 heteroatoms. The van der Waals surface area contributed by atoms with E-state index in [1.165, 1.54) is 19.3 Å². The molecular formula is C16H28N2O4S. The van der Waals surface area contributed by atoms with Gasteiger partial charge in [0.15, 0.2) is 0 Å². The highest BCUT2D eigenvalue weighted by molar-refractivity contribution is 7.86. The molecule has 0 aromatic carbocycles. The van der Waals surface area contributed by atoms with E-state index >= 15 is 0 Å². The Morgan fingerprint density at radius 2 is 1.43 bits per heavy atom. The smallest absolute Gasteiger partial charge is 0.269 e. The van der Waals surface area contributed by atoms with Crippen LogP contribution in [-0.2, 0) is 10.1 Å². The van der Waals surface area contributed by atoms with Crippen LogP contribution in [0.5, 0.6) is 0 Å². The van der Waals surface area contributed by atoms with E-state index < -0.39 is 27.5 Å². The lowest BCUT2D eigenvalue weighted by molar-refractivity contribution is -0.00562. The van der Waals surface area contributed by atoms with Crippen LogP contribution in [0.1, 0.15) is 64.2 Å². The quantitative estimate of drug-likeness (QED) is 0.607. The second kappa shape index (κ2) is 7.15. The molecule has 0 heterocycles. The van der Waals surface area contributed by atoms with Crippen LogP contribution < -0.4 is 0 Å². The molecule has 3 fully saturated rings. The lowest BCUT2D eigenvalue weighted by atomic mass is 9.68. The van der Waals surface area contributed by atoms with Gasteiger partial charge in [-0.05, 0) is 43.9 Å². The van der Waals surface area contributed by atoms with Crippen LogP contribution in [0.15, 0.2) is 10.2 Å². The minimum Gasteiger partial charge on any atom is -0.391 e. The Morgan fingerprint density at radius 3 is 2.22 bits per heavy atom. The van der Waals surface area contributed by atoms with Gasteiger partial charge in [0, 0.05) is 0 Å². The number of aliphatic hydroxyl groups excluding tert-OH is 1. The highest BCUT2D eigenvalue weighted by Gasteiger charge is 2.40. The van der Waals surface area contributed by atoms with Gasteiger partial charge in [-0.25, -0.2) is 0 Å². The molecule has 3 aliphatic rings. The fraction of sp³-hybridized carbons (Fsp3) is 1.00. The maximum atomic E-state index is 11.5. The molecule has 132 valence electrons. The second-order valence-corrected chi connectivity index (χ2v) is 9.12. The Hall–Kier alpha value is -0.530. The number of nitrogens with zero attached hydrogens (tertiary/aromatic N) is 2. The van der Waals surface area contributed by atoms with Gasteiger partial charge in [0.1, 0.15) is 5.25 Å². The summed E-state index contributed by atoms with van der Waals surface area (Å²) in [5, 5.41) is 18.4. The summed E-state index contributed by atoms with van der Waals surface area (Å²) < 4.78 is 32.4. The zero-order valence-corrected chi connectivity index (χ0v) is 14.4. The molecule has 3 rings (SSSR count). The minimum atomic E-state index is -4.08. The molecule has 0 radical (unpaired) electrons. The van der Waals surface area contributed by atoms with Gasteiger partial charge < -0.3 is 5.11 Å². The number of rotatable bonds is 3. The molecule has 6 nitrogen and oxygen atoms in total. The van der Waals surface area contributed by atoms with E-state index in [0.29, 0.717) is 24.7 Å². The summed E-state index contributed by atoms with van der Waals surface area (Å²) in [6, 6.07) is -0.673. The summed E-state index contributed by atoms with van der Waals surface area (Å²) in [7, 11) is -4.08. The van der Waals surface area contributed by atoms with E-state index in [0.717, 1.165) is 32.1 Å². The first-order valence-electron chi connectivity index (χ1n) is 9.01. The van der Waals surface area contributed by atoms with Gasteiger partial charge in [-0.3, -0.25) is 4.55 Å². The summed E-state index contributed by atoms with van der Waals surface area (Å²) in [5.41, 5.74) is 0. The summed E-state index contributed by atoms with van der Waals surface area (Å²) in [5.74, 6) is 0.940. The molecule has 0 aromatic rings. The molecule has 2 N–H and O–H groups in total. The lowest BCUT2D eigenvalue weighted by Gasteiger charge is -2.41. The minimum absolute atomic E-state index is 0.210. The van der Waals surface area contributed by atoms with Crippen molar-refractivity contribution in [3.8, 4) is 0 Å². The monoisotopic (exact) mass is 344 g/mol. The molecular weight excluding hydrogens is 316 g/mol. The number of hydrogen-bond acceptors (Lipinski definition) is 5. The zero-order valence-electron chi connectivity index (χ0n) is 13.5. The number of fused-ring (bicyclic) bond motifs is 1. The molecule has 23 heavy (non-hydrogen) atoms. The maximum Gasteiger partial charge on any atom is 0.269 e. The first kappa shape index (κ1) is 17.3. The zero-order chi connectivity index (χ0) is 16.4. The first-order valence-corrected chi connectivity index (χ1v) is 10.5. The van der Waals surface area contributed by atoms with Crippen LogP contribution in [0.3, 0.4) is 0 Å². The fourth-order valence-corrected chi connectivity index (χ4v) is 5.79. The largest absolute Gasteiger partial charge is 0.391 e. The van der Waals surface area contributed by atoms with Crippen molar-refractivity contribution in [2.75, 3.05) is 0 Å². The van der Waals surface area contributed by atoms with E-state index in [1.807, 2.05) is 0 Å². The first-order chi connectivity index (χ1) is 11.0. The van der Waals surface area contributed by atoms with Crippen LogP contribution >= 0.6 is 0 Å². The van der Waals surface area contributed by atoms with E-state index in [1.54, 1.807) is 0 Å². The van der Waals surface area contributed by atoms with Crippen molar-refractivity contribution in [1.82, 2.24) is 0 Å². The average Bonchev–Trinajstić information content (AvgIpc) is 2.54. The van der Waals surface area contributed by atoms with Gasteiger partial charge in [0.05, 0.1) is 18.2 Å². The average molecular weight is 344 g/mol. The van der Waals surface area contributed by atoms with Crippen molar-refractivity contribution in [3.05, 3.63) is 0 Å². The lowest BCUT2D eigenvalue weighted by Crippen LogP contribution is -2.43. The Morgan fingerprint density at radius 1 is 0.783 bits per heavy atom. The molecule has 6 atom stereocenters. The van der Waals surface area contributed by atoms with E-state index in [4.69, 9.17) is 0 Å². The molecule has 6 unspecified atom stereocenters. The van der Waals surface area contributed by atoms with Gasteiger partial charge in [-0.15, -0.1) is 0 Å². The molecule has 3 saturated carbocycles. The number of aliphatic hydroxyl groups is 1. The van der Waals surface area contributed by atoms with Crippen LogP contribution in [0.2, 0.25) is 0 Å². The SMILES string of the molecule is O=S(=O)(O)C1CCCCC1N=NC1CCC2CCCCC2C1O. The highest BCUT2D eigenvalue weighted by atomic mass is 32.2. The number of azo groups is 1. The summed E-state index contributed by atoms with van der Waals surface area (Å²) in [6.07, 6.45) is 8.96. The molecule has 0 aliphatic heterocycles. The van der Waals surface area contributed by atoms with Crippen LogP contribution in [0.25, 0.3) is 0 Å². The Kier molecular flexibility index (Phi) is 5.38. The van der Waals surface area contributed by atoms with Crippen molar-refractivity contribution in [2.45, 2.75) is 87.6 Å². The predicted octanol–water partition coefficient (Wildman–Crippen LogP) is 2.97. The van der Waals surface area contributed by atoms with Gasteiger partial charge in [0.2, 0.25) is 0 Å². The third kappa shape index (κ3) is 3.94. The molecule has 0 spiro atoms. The second-order valence-electron chi connectivity index (χ2n) is 7.48. The fourth-order valence-electron chi connectivity index (χ4n) is 4.74. The van der Waals surface area contributed by atoms with Crippen LogP contribution in [0, 0.1) is 11.8 Å². The van der Waals surface area contributed by atoms with Gasteiger partial charge in [0.25, 0.3) is 10.1 Å². The van der Waals surface area contributed by atoms with Gasteiger partial charge in [-0.1, -0.05) is 32.1 Å². The summed E-state index contributed by atoms with van der Waals surface area (Å²) in [6.45, 7) is 0. The Labute approximate surface area is 138 Å². The van der Waals surface area contributed by atoms with Crippen molar-refractivity contribution in [2.24, 2.45) is 22.1 Å². The predicted molar refractivity (Wildman–Crippen MR) is 86.9 cm³/mol. The third-order valence-corrected chi connectivity index (χ3v) is 7.36. The number of hydrogen-bond donors (Lipinski definition) is 2. The Bertz CT molecular complexity index is 536. The summed E-state index contributed by atoms with van der Waals surface area (Å²) in [4.78, 5) is 0. The van der Waals surface area contributed by atoms with Gasteiger partial charge >= 0.3 is 0 Å². The molecule has 3 aliphatic carbocycles. The maximum absolute atomic E-state index is 11.5. The van der Waals surface area contributed by atoms with E-state index in [2.05, 4.69) is 10.2 Å². The van der Waals surface area contributed by atoms with Crippen LogP contribution in [-0.4, -0.2) is 41.5 Å². The highest BCUT2D eigenvalue weighted by Crippen LogP contribution is 2.41.